The molecule has 0 bridgehead atoms. The summed E-state index contributed by atoms with van der Waals surface area (Å²) in [4.78, 5) is 2.30. The van der Waals surface area contributed by atoms with Gasteiger partial charge < -0.3 is 5.32 Å². The first-order valence-electron chi connectivity index (χ1n) is 6.35. The van der Waals surface area contributed by atoms with Crippen LogP contribution in [0.3, 0.4) is 0 Å². The van der Waals surface area contributed by atoms with Crippen LogP contribution in [0.25, 0.3) is 0 Å². The van der Waals surface area contributed by atoms with Gasteiger partial charge in [0.15, 0.2) is 0 Å². The molecule has 0 aromatic heterocycles. The number of hydrogen-bond donors (Lipinski definition) is 1. The highest BCUT2D eigenvalue weighted by Crippen LogP contribution is 2.26. The van der Waals surface area contributed by atoms with Gasteiger partial charge in [-0.2, -0.15) is 0 Å². The summed E-state index contributed by atoms with van der Waals surface area (Å²) < 4.78 is 0. The predicted octanol–water partition coefficient (Wildman–Crippen LogP) is 2.50. The molecule has 1 aromatic rings. The molecule has 0 fully saturated rings. The molecular weight excluding hydrogens is 208 g/mol. The van der Waals surface area contributed by atoms with E-state index < -0.39 is 0 Å². The second-order valence-electron chi connectivity index (χ2n) is 4.48. The second kappa shape index (κ2) is 5.75. The van der Waals surface area contributed by atoms with Crippen molar-refractivity contribution in [3.05, 3.63) is 29.3 Å². The number of anilines is 1. The minimum absolute atomic E-state index is 0.730. The zero-order valence-electron chi connectivity index (χ0n) is 10.5. The van der Waals surface area contributed by atoms with Crippen molar-refractivity contribution < 1.29 is 0 Å². The number of terminal acetylenes is 1. The topological polar surface area (TPSA) is 15.3 Å². The fourth-order valence-corrected chi connectivity index (χ4v) is 2.38. The minimum Gasteiger partial charge on any atom is -0.385 e. The Kier molecular flexibility index (Phi) is 4.06. The molecule has 0 aliphatic carbocycles. The lowest BCUT2D eigenvalue weighted by atomic mass is 9.97. The third-order valence-electron chi connectivity index (χ3n) is 3.35. The van der Waals surface area contributed by atoms with Crippen LogP contribution in [0, 0.1) is 12.3 Å². The van der Waals surface area contributed by atoms with Crippen LogP contribution in [0.4, 0.5) is 5.69 Å². The summed E-state index contributed by atoms with van der Waals surface area (Å²) >= 11 is 0. The van der Waals surface area contributed by atoms with E-state index in [1.54, 1.807) is 0 Å². The van der Waals surface area contributed by atoms with Gasteiger partial charge in [-0.15, -0.1) is 6.42 Å². The standard InChI is InChI=1S/C15H20N2/c1-3-11-17(4-2)12-13-7-5-9-15-14(13)8-6-10-16-15/h1,5,7,9,16H,4,6,8,10-12H2,2H3. The molecule has 0 radical (unpaired) electrons. The second-order valence-corrected chi connectivity index (χ2v) is 4.48. The molecule has 0 unspecified atom stereocenters. The highest BCUT2D eigenvalue weighted by Gasteiger charge is 2.13. The Hall–Kier alpha value is -1.46. The summed E-state index contributed by atoms with van der Waals surface area (Å²) in [6.07, 6.45) is 7.81. The van der Waals surface area contributed by atoms with E-state index in [-0.39, 0.29) is 0 Å². The van der Waals surface area contributed by atoms with Gasteiger partial charge in [0.1, 0.15) is 0 Å². The maximum absolute atomic E-state index is 5.39. The van der Waals surface area contributed by atoms with Crippen molar-refractivity contribution in [2.24, 2.45) is 0 Å². The zero-order valence-corrected chi connectivity index (χ0v) is 10.5. The van der Waals surface area contributed by atoms with Crippen LogP contribution in [-0.4, -0.2) is 24.5 Å². The molecule has 1 heterocycles. The monoisotopic (exact) mass is 228 g/mol. The zero-order chi connectivity index (χ0) is 12.1. The van der Waals surface area contributed by atoms with Gasteiger partial charge in [-0.25, -0.2) is 0 Å². The summed E-state index contributed by atoms with van der Waals surface area (Å²) in [6.45, 7) is 5.95. The van der Waals surface area contributed by atoms with Crippen LogP contribution in [0.15, 0.2) is 18.2 Å². The third kappa shape index (κ3) is 2.81. The van der Waals surface area contributed by atoms with E-state index in [4.69, 9.17) is 6.42 Å². The highest BCUT2D eigenvalue weighted by atomic mass is 15.1. The van der Waals surface area contributed by atoms with Crippen molar-refractivity contribution in [3.63, 3.8) is 0 Å². The molecule has 1 aliphatic heterocycles. The molecular formula is C15H20N2. The van der Waals surface area contributed by atoms with Gasteiger partial charge in [0.05, 0.1) is 6.54 Å². The number of rotatable bonds is 4. The van der Waals surface area contributed by atoms with Gasteiger partial charge in [-0.3, -0.25) is 4.90 Å². The molecule has 0 atom stereocenters. The van der Waals surface area contributed by atoms with Crippen LogP contribution < -0.4 is 5.32 Å². The molecule has 0 spiro atoms. The largest absolute Gasteiger partial charge is 0.385 e. The first-order chi connectivity index (χ1) is 8.35. The molecule has 2 nitrogen and oxygen atoms in total. The predicted molar refractivity (Wildman–Crippen MR) is 73.0 cm³/mol. The lowest BCUT2D eigenvalue weighted by molar-refractivity contribution is 0.315. The minimum atomic E-state index is 0.730. The number of fused-ring (bicyclic) bond motifs is 1. The van der Waals surface area contributed by atoms with Crippen molar-refractivity contribution >= 4 is 5.69 Å². The van der Waals surface area contributed by atoms with E-state index in [0.29, 0.717) is 0 Å². The summed E-state index contributed by atoms with van der Waals surface area (Å²) in [5, 5.41) is 3.47. The fourth-order valence-electron chi connectivity index (χ4n) is 2.38. The molecule has 2 heteroatoms. The molecule has 1 N–H and O–H groups in total. The molecule has 0 saturated heterocycles. The van der Waals surface area contributed by atoms with E-state index in [1.165, 1.54) is 29.7 Å². The lowest BCUT2D eigenvalue weighted by Gasteiger charge is -2.24. The quantitative estimate of drug-likeness (QED) is 0.797. The van der Waals surface area contributed by atoms with Gasteiger partial charge in [0.25, 0.3) is 0 Å². The van der Waals surface area contributed by atoms with Crippen LogP contribution in [0.2, 0.25) is 0 Å². The number of benzene rings is 1. The smallest absolute Gasteiger partial charge is 0.0601 e. The Morgan fingerprint density at radius 3 is 3.12 bits per heavy atom. The van der Waals surface area contributed by atoms with Gasteiger partial charge in [0, 0.05) is 18.8 Å². The number of nitrogens with one attached hydrogen (secondary N) is 1. The molecule has 1 aromatic carbocycles. The summed E-state index contributed by atoms with van der Waals surface area (Å²) in [5.41, 5.74) is 4.21. The first kappa shape index (κ1) is 12.0. The van der Waals surface area contributed by atoms with Gasteiger partial charge >= 0.3 is 0 Å². The molecule has 90 valence electrons. The summed E-state index contributed by atoms with van der Waals surface area (Å²) in [5.74, 6) is 2.73. The lowest BCUT2D eigenvalue weighted by Crippen LogP contribution is -2.24. The molecule has 17 heavy (non-hydrogen) atoms. The van der Waals surface area contributed by atoms with Gasteiger partial charge in [-0.05, 0) is 36.6 Å². The summed E-state index contributed by atoms with van der Waals surface area (Å²) in [6, 6.07) is 6.54. The van der Waals surface area contributed by atoms with Crippen molar-refractivity contribution in [1.82, 2.24) is 4.90 Å². The average molecular weight is 228 g/mol. The van der Waals surface area contributed by atoms with Crippen LogP contribution in [0.1, 0.15) is 24.5 Å². The van der Waals surface area contributed by atoms with E-state index in [9.17, 15) is 0 Å². The van der Waals surface area contributed by atoms with Crippen molar-refractivity contribution in [3.8, 4) is 12.3 Å². The third-order valence-corrected chi connectivity index (χ3v) is 3.35. The Morgan fingerprint density at radius 1 is 1.47 bits per heavy atom. The number of hydrogen-bond acceptors (Lipinski definition) is 2. The normalized spacial score (nSPS) is 13.9. The SMILES string of the molecule is C#CCN(CC)Cc1cccc2c1CCCN2. The Bertz CT molecular complexity index is 417. The molecule has 0 saturated carbocycles. The number of nitrogens with zero attached hydrogens (tertiary/aromatic N) is 1. The fraction of sp³-hybridized carbons (Fsp3) is 0.467. The molecule has 1 aliphatic rings. The van der Waals surface area contributed by atoms with Gasteiger partial charge in [-0.1, -0.05) is 25.0 Å². The van der Waals surface area contributed by atoms with Crippen molar-refractivity contribution in [1.29, 1.82) is 0 Å². The summed E-state index contributed by atoms with van der Waals surface area (Å²) in [7, 11) is 0. The Morgan fingerprint density at radius 2 is 2.35 bits per heavy atom. The van der Waals surface area contributed by atoms with Crippen LogP contribution in [0.5, 0.6) is 0 Å². The van der Waals surface area contributed by atoms with E-state index >= 15 is 0 Å². The maximum Gasteiger partial charge on any atom is 0.0601 e. The first-order valence-corrected chi connectivity index (χ1v) is 6.35. The Balaban J connectivity index is 2.18. The maximum atomic E-state index is 5.39. The molecule has 0 amide bonds. The van der Waals surface area contributed by atoms with Gasteiger partial charge in [0.2, 0.25) is 0 Å². The van der Waals surface area contributed by atoms with Crippen LogP contribution in [-0.2, 0) is 13.0 Å². The Labute approximate surface area is 104 Å². The highest BCUT2D eigenvalue weighted by molar-refractivity contribution is 5.56. The van der Waals surface area contributed by atoms with E-state index in [2.05, 4.69) is 41.3 Å². The van der Waals surface area contributed by atoms with Crippen LogP contribution >= 0.6 is 0 Å². The van der Waals surface area contributed by atoms with Crippen molar-refractivity contribution in [2.45, 2.75) is 26.3 Å². The van der Waals surface area contributed by atoms with E-state index in [0.717, 1.165) is 26.2 Å². The van der Waals surface area contributed by atoms with E-state index in [1.807, 2.05) is 0 Å². The average Bonchev–Trinajstić information content (AvgIpc) is 2.38. The van der Waals surface area contributed by atoms with Crippen molar-refractivity contribution in [2.75, 3.05) is 25.0 Å². The molecule has 2 rings (SSSR count).